The Kier molecular flexibility index (Phi) is 2.96. The van der Waals surface area contributed by atoms with Gasteiger partial charge >= 0.3 is 0 Å². The van der Waals surface area contributed by atoms with Crippen molar-refractivity contribution in [3.63, 3.8) is 0 Å². The van der Waals surface area contributed by atoms with Gasteiger partial charge in [0.15, 0.2) is 6.23 Å². The molecule has 0 N–H and O–H groups in total. The maximum atomic E-state index is 6.27. The minimum atomic E-state index is 0.255. The zero-order valence-electron chi connectivity index (χ0n) is 11.5. The Bertz CT molecular complexity index is 595. The molecule has 2 aliphatic heterocycles. The molecule has 4 rings (SSSR count). The molecule has 0 aliphatic carbocycles. The van der Waals surface area contributed by atoms with E-state index in [1.54, 1.807) is 0 Å². The summed E-state index contributed by atoms with van der Waals surface area (Å²) in [5.74, 6) is 1.72. The van der Waals surface area contributed by atoms with E-state index in [1.165, 1.54) is 17.5 Å². The van der Waals surface area contributed by atoms with E-state index in [2.05, 4.69) is 59.5 Å². The lowest BCUT2D eigenvalue weighted by Crippen LogP contribution is -2.40. The molecule has 2 aliphatic rings. The highest BCUT2D eigenvalue weighted by atomic mass is 16.5. The van der Waals surface area contributed by atoms with Gasteiger partial charge in [-0.05, 0) is 30.0 Å². The summed E-state index contributed by atoms with van der Waals surface area (Å²) in [6.07, 6.45) is 2.66. The molecule has 0 bridgehead atoms. The molecule has 2 nitrogen and oxygen atoms in total. The second kappa shape index (κ2) is 4.95. The van der Waals surface area contributed by atoms with Crippen molar-refractivity contribution in [1.82, 2.24) is 4.90 Å². The third kappa shape index (κ3) is 2.10. The second-order valence-corrected chi connectivity index (χ2v) is 5.83. The minimum absolute atomic E-state index is 0.255. The van der Waals surface area contributed by atoms with Crippen LogP contribution in [0.1, 0.15) is 17.5 Å². The quantitative estimate of drug-likeness (QED) is 0.824. The van der Waals surface area contributed by atoms with Crippen LogP contribution in [0, 0.1) is 5.92 Å². The van der Waals surface area contributed by atoms with Crippen molar-refractivity contribution in [2.24, 2.45) is 5.92 Å². The van der Waals surface area contributed by atoms with Crippen molar-refractivity contribution >= 4 is 0 Å². The number of benzene rings is 2. The molecule has 2 unspecified atom stereocenters. The molecule has 0 aromatic heterocycles. The summed E-state index contributed by atoms with van der Waals surface area (Å²) >= 11 is 0. The van der Waals surface area contributed by atoms with Crippen LogP contribution in [0.3, 0.4) is 0 Å². The second-order valence-electron chi connectivity index (χ2n) is 5.83. The molecule has 2 aromatic rings. The zero-order chi connectivity index (χ0) is 13.4. The maximum absolute atomic E-state index is 6.27. The number of para-hydroxylation sites is 1. The van der Waals surface area contributed by atoms with E-state index in [4.69, 9.17) is 4.74 Å². The van der Waals surface area contributed by atoms with Gasteiger partial charge in [-0.15, -0.1) is 0 Å². The van der Waals surface area contributed by atoms with Crippen molar-refractivity contribution in [1.29, 1.82) is 0 Å². The Morgan fingerprint density at radius 2 is 1.80 bits per heavy atom. The summed E-state index contributed by atoms with van der Waals surface area (Å²) in [4.78, 5) is 2.48. The van der Waals surface area contributed by atoms with Gasteiger partial charge in [-0.25, -0.2) is 0 Å². The van der Waals surface area contributed by atoms with Crippen LogP contribution in [0.5, 0.6) is 5.75 Å². The number of hydrogen-bond donors (Lipinski definition) is 0. The van der Waals surface area contributed by atoms with Gasteiger partial charge in [-0.3, -0.25) is 4.90 Å². The van der Waals surface area contributed by atoms with Gasteiger partial charge in [0.25, 0.3) is 0 Å². The first-order valence-electron chi connectivity index (χ1n) is 7.43. The number of likely N-dealkylation sites (tertiary alicyclic amines) is 1. The SMILES string of the molecule is c1ccc(CN2CCC3Cc4ccccc4OC32)cc1. The minimum Gasteiger partial charge on any atom is -0.475 e. The summed E-state index contributed by atoms with van der Waals surface area (Å²) in [5.41, 5.74) is 2.74. The van der Waals surface area contributed by atoms with Crippen LogP contribution in [0.15, 0.2) is 54.6 Å². The molecular weight excluding hydrogens is 246 g/mol. The molecule has 0 amide bonds. The molecular formula is C18H19NO. The summed E-state index contributed by atoms with van der Waals surface area (Å²) in [5, 5.41) is 0. The third-order valence-corrected chi connectivity index (χ3v) is 4.48. The molecule has 2 heteroatoms. The summed E-state index contributed by atoms with van der Waals surface area (Å²) in [7, 11) is 0. The number of nitrogens with zero attached hydrogens (tertiary/aromatic N) is 1. The summed E-state index contributed by atoms with van der Waals surface area (Å²) < 4.78 is 6.27. The van der Waals surface area contributed by atoms with Crippen molar-refractivity contribution in [3.05, 3.63) is 65.7 Å². The molecule has 1 fully saturated rings. The molecule has 2 heterocycles. The fourth-order valence-electron chi connectivity index (χ4n) is 3.46. The standard InChI is InChI=1S/C18H19NO/c1-2-6-14(7-3-1)13-19-11-10-16-12-15-8-4-5-9-17(15)20-18(16)19/h1-9,16,18H,10-13H2. The van der Waals surface area contributed by atoms with E-state index in [-0.39, 0.29) is 6.23 Å². The van der Waals surface area contributed by atoms with Gasteiger partial charge < -0.3 is 4.74 Å². The monoisotopic (exact) mass is 265 g/mol. The maximum Gasteiger partial charge on any atom is 0.156 e. The molecule has 0 spiro atoms. The van der Waals surface area contributed by atoms with E-state index in [0.29, 0.717) is 5.92 Å². The normalized spacial score (nSPS) is 24.8. The molecule has 2 aromatic carbocycles. The Morgan fingerprint density at radius 1 is 1.00 bits per heavy atom. The Morgan fingerprint density at radius 3 is 2.70 bits per heavy atom. The van der Waals surface area contributed by atoms with E-state index in [9.17, 15) is 0 Å². The van der Waals surface area contributed by atoms with E-state index in [0.717, 1.165) is 25.3 Å². The van der Waals surface area contributed by atoms with Crippen molar-refractivity contribution in [2.45, 2.75) is 25.6 Å². The number of hydrogen-bond acceptors (Lipinski definition) is 2. The van der Waals surface area contributed by atoms with E-state index < -0.39 is 0 Å². The van der Waals surface area contributed by atoms with Crippen molar-refractivity contribution < 1.29 is 4.74 Å². The summed E-state index contributed by atoms with van der Waals surface area (Å²) in [6.45, 7) is 2.13. The Hall–Kier alpha value is -1.80. The lowest BCUT2D eigenvalue weighted by molar-refractivity contribution is 0.0139. The molecule has 20 heavy (non-hydrogen) atoms. The van der Waals surface area contributed by atoms with Gasteiger partial charge in [0.1, 0.15) is 5.75 Å². The molecule has 0 saturated carbocycles. The topological polar surface area (TPSA) is 12.5 Å². The van der Waals surface area contributed by atoms with E-state index in [1.807, 2.05) is 0 Å². The van der Waals surface area contributed by atoms with Crippen LogP contribution >= 0.6 is 0 Å². The zero-order valence-corrected chi connectivity index (χ0v) is 11.5. The highest BCUT2D eigenvalue weighted by molar-refractivity contribution is 5.36. The lowest BCUT2D eigenvalue weighted by atomic mass is 9.94. The van der Waals surface area contributed by atoms with Crippen LogP contribution in [-0.2, 0) is 13.0 Å². The van der Waals surface area contributed by atoms with Crippen LogP contribution in [0.25, 0.3) is 0 Å². The van der Waals surface area contributed by atoms with Gasteiger partial charge in [0.05, 0.1) is 0 Å². The Labute approximate surface area is 120 Å². The molecule has 1 saturated heterocycles. The van der Waals surface area contributed by atoms with Gasteiger partial charge in [0.2, 0.25) is 0 Å². The molecule has 2 atom stereocenters. The molecule has 0 radical (unpaired) electrons. The van der Waals surface area contributed by atoms with Gasteiger partial charge in [0, 0.05) is 19.0 Å². The highest BCUT2D eigenvalue weighted by Gasteiger charge is 2.39. The number of ether oxygens (including phenoxy) is 1. The molecule has 102 valence electrons. The first kappa shape index (κ1) is 12.0. The number of rotatable bonds is 2. The van der Waals surface area contributed by atoms with E-state index >= 15 is 0 Å². The first-order valence-corrected chi connectivity index (χ1v) is 7.43. The third-order valence-electron chi connectivity index (χ3n) is 4.48. The van der Waals surface area contributed by atoms with Crippen LogP contribution in [0.2, 0.25) is 0 Å². The highest BCUT2D eigenvalue weighted by Crippen LogP contribution is 2.37. The Balaban J connectivity index is 1.55. The fourth-order valence-corrected chi connectivity index (χ4v) is 3.46. The van der Waals surface area contributed by atoms with Crippen LogP contribution < -0.4 is 4.74 Å². The van der Waals surface area contributed by atoms with Crippen LogP contribution in [0.4, 0.5) is 0 Å². The first-order chi connectivity index (χ1) is 9.90. The lowest BCUT2D eigenvalue weighted by Gasteiger charge is -2.33. The van der Waals surface area contributed by atoms with Crippen molar-refractivity contribution in [3.8, 4) is 5.75 Å². The average Bonchev–Trinajstić information content (AvgIpc) is 2.88. The predicted octanol–water partition coefficient (Wildman–Crippen LogP) is 3.47. The largest absolute Gasteiger partial charge is 0.475 e. The van der Waals surface area contributed by atoms with Crippen molar-refractivity contribution in [2.75, 3.05) is 6.54 Å². The average molecular weight is 265 g/mol. The van der Waals surface area contributed by atoms with Gasteiger partial charge in [-0.1, -0.05) is 48.5 Å². The van der Waals surface area contributed by atoms with Crippen LogP contribution in [-0.4, -0.2) is 17.7 Å². The smallest absolute Gasteiger partial charge is 0.156 e. The van der Waals surface area contributed by atoms with Gasteiger partial charge in [-0.2, -0.15) is 0 Å². The fraction of sp³-hybridized carbons (Fsp3) is 0.333. The summed E-state index contributed by atoms with van der Waals surface area (Å²) in [6, 6.07) is 19.2. The number of fused-ring (bicyclic) bond motifs is 2. The predicted molar refractivity (Wildman–Crippen MR) is 79.5 cm³/mol.